The summed E-state index contributed by atoms with van der Waals surface area (Å²) < 4.78 is 8.55. The van der Waals surface area contributed by atoms with Gasteiger partial charge in [0.15, 0.2) is 0 Å². The quantitative estimate of drug-likeness (QED) is 0.180. The van der Waals surface area contributed by atoms with Crippen molar-refractivity contribution in [3.8, 4) is 0 Å². The van der Waals surface area contributed by atoms with Crippen LogP contribution in [0.3, 0.4) is 0 Å². The summed E-state index contributed by atoms with van der Waals surface area (Å²) in [5.41, 5.74) is 0. The van der Waals surface area contributed by atoms with E-state index in [1.807, 2.05) is 0 Å². The summed E-state index contributed by atoms with van der Waals surface area (Å²) in [6.07, 6.45) is 0. The average Bonchev–Trinajstić information content (AvgIpc) is 1.19. The summed E-state index contributed by atoms with van der Waals surface area (Å²) in [7, 11) is -5.39. The minimum Gasteiger partial charge on any atom is -0.822 e. The van der Waals surface area contributed by atoms with Gasteiger partial charge in [-0.3, -0.25) is 0 Å². The Bertz CT molecular complexity index is 116. The van der Waals surface area contributed by atoms with Gasteiger partial charge >= 0.3 is 51.4 Å². The predicted octanol–water partition coefficient (Wildman–Crippen LogP) is -5.68. The van der Waals surface area contributed by atoms with Crippen molar-refractivity contribution in [3.63, 3.8) is 0 Å². The van der Waals surface area contributed by atoms with Gasteiger partial charge < -0.3 is 40.7 Å². The molecule has 0 rings (SSSR count). The fourth-order valence-corrected chi connectivity index (χ4v) is 0. The second-order valence-corrected chi connectivity index (χ2v) is 1.57. The van der Waals surface area contributed by atoms with Crippen LogP contribution >= 0.6 is 7.82 Å². The fourth-order valence-electron chi connectivity index (χ4n) is 0. The van der Waals surface area contributed by atoms with E-state index in [4.69, 9.17) is 34.6 Å². The van der Waals surface area contributed by atoms with Crippen LogP contribution in [0.25, 0.3) is 0 Å². The van der Waals surface area contributed by atoms with Crippen LogP contribution in [-0.2, 0) is 4.57 Å². The van der Waals surface area contributed by atoms with Gasteiger partial charge in [-0.1, -0.05) is 0 Å². The second-order valence-electron chi connectivity index (χ2n) is 0.671. The molecule has 0 radical (unpaired) electrons. The van der Waals surface area contributed by atoms with E-state index >= 15 is 0 Å². The largest absolute Gasteiger partial charge is 1.00 e. The minimum absolute atomic E-state index is 0. The molecule has 0 heterocycles. The average molecular weight is 214 g/mol. The summed E-state index contributed by atoms with van der Waals surface area (Å²) in [6.45, 7) is 0. The second kappa shape index (κ2) is 10.9. The molecule has 11 heteroatoms. The molecule has 0 fully saturated rings. The monoisotopic (exact) mass is 214 g/mol. The molecule has 0 saturated carbocycles. The molecule has 0 aromatic heterocycles. The molecule has 11 heavy (non-hydrogen) atoms. The molecule has 0 aromatic carbocycles. The number of hydrogen-bond donors (Lipinski definition) is 1. The molecule has 4 N–H and O–H groups in total. The first-order chi connectivity index (χ1) is 3.73. The third kappa shape index (κ3) is 1050. The maximum absolute atomic E-state index is 8.55. The van der Waals surface area contributed by atoms with Gasteiger partial charge in [-0.2, -0.15) is 7.82 Å². The van der Waals surface area contributed by atoms with Crippen molar-refractivity contribution in [1.82, 2.24) is 6.15 Å². The van der Waals surface area contributed by atoms with Gasteiger partial charge in [0.2, 0.25) is 0 Å². The summed E-state index contributed by atoms with van der Waals surface area (Å²) in [5.74, 6) is 0. The van der Waals surface area contributed by atoms with Crippen LogP contribution in [0.2, 0.25) is 0 Å². The third-order valence-corrected chi connectivity index (χ3v) is 0. The van der Waals surface area contributed by atoms with E-state index in [9.17, 15) is 0 Å². The first-order valence-corrected chi connectivity index (χ1v) is 2.74. The van der Waals surface area contributed by atoms with E-state index < -0.39 is 12.9 Å². The van der Waals surface area contributed by atoms with E-state index in [-0.39, 0.29) is 57.5 Å². The number of phosphoric acid groups is 1. The van der Waals surface area contributed by atoms with Gasteiger partial charge in [0.05, 0.1) is 5.09 Å². The Balaban J connectivity index is -0.0000000383. The van der Waals surface area contributed by atoms with E-state index in [1.165, 1.54) is 0 Å². The van der Waals surface area contributed by atoms with Gasteiger partial charge in [-0.05, 0) is 0 Å². The smallest absolute Gasteiger partial charge is 0.822 e. The first kappa shape index (κ1) is 22.7. The molecule has 0 aromatic rings. The van der Waals surface area contributed by atoms with Crippen molar-refractivity contribution in [2.75, 3.05) is 0 Å². The summed E-state index contributed by atoms with van der Waals surface area (Å²) >= 11 is 0. The zero-order valence-electron chi connectivity index (χ0n) is 5.75. The van der Waals surface area contributed by atoms with Crippen LogP contribution in [0.1, 0.15) is 0 Å². The molecule has 64 valence electrons. The van der Waals surface area contributed by atoms with Crippen molar-refractivity contribution in [1.29, 1.82) is 0 Å². The normalized spacial score (nSPS) is 7.55. The van der Waals surface area contributed by atoms with E-state index in [0.29, 0.717) is 0 Å². The van der Waals surface area contributed by atoms with Crippen LogP contribution in [-0.4, -0.2) is 5.09 Å². The zero-order valence-corrected chi connectivity index (χ0v) is 9.77. The molecule has 0 aliphatic heterocycles. The summed E-state index contributed by atoms with van der Waals surface area (Å²) in [6, 6.07) is 0. The molecule has 0 aliphatic carbocycles. The molecular formula is H4KN2O7P-2. The summed E-state index contributed by atoms with van der Waals surface area (Å²) in [5, 5.41) is 14.8. The molecule has 0 saturated heterocycles. The van der Waals surface area contributed by atoms with Crippen molar-refractivity contribution >= 4 is 7.82 Å². The number of hydrogen-bond acceptors (Lipinski definition) is 7. The maximum Gasteiger partial charge on any atom is 1.00 e. The predicted molar refractivity (Wildman–Crippen MR) is 24.0 cm³/mol. The van der Waals surface area contributed by atoms with Gasteiger partial charge in [0.1, 0.15) is 0 Å². The Morgan fingerprint density at radius 3 is 1.09 bits per heavy atom. The summed E-state index contributed by atoms with van der Waals surface area (Å²) in [4.78, 5) is 33.9. The van der Waals surface area contributed by atoms with Gasteiger partial charge in [-0.25, -0.2) is 0 Å². The van der Waals surface area contributed by atoms with Crippen LogP contribution in [0.4, 0.5) is 0 Å². The van der Waals surface area contributed by atoms with Gasteiger partial charge in [0.25, 0.3) is 0 Å². The van der Waals surface area contributed by atoms with Crippen LogP contribution < -0.4 is 72.2 Å². The minimum atomic E-state index is -5.39. The third-order valence-electron chi connectivity index (χ3n) is 0. The van der Waals surface area contributed by atoms with E-state index in [2.05, 4.69) is 0 Å². The molecule has 0 unspecified atom stereocenters. The molecule has 0 aliphatic rings. The van der Waals surface area contributed by atoms with Crippen molar-refractivity contribution in [2.24, 2.45) is 0 Å². The van der Waals surface area contributed by atoms with Gasteiger partial charge in [0, 0.05) is 0 Å². The maximum atomic E-state index is 8.55. The number of rotatable bonds is 0. The van der Waals surface area contributed by atoms with Crippen LogP contribution in [0.5, 0.6) is 0 Å². The Morgan fingerprint density at radius 2 is 1.09 bits per heavy atom. The SMILES string of the molecule is O=P([O-])([O-])[O-].O=[N+]([O-])[O-].[K+].[NH4+]. The van der Waals surface area contributed by atoms with Crippen LogP contribution in [0.15, 0.2) is 0 Å². The Morgan fingerprint density at radius 1 is 1.09 bits per heavy atom. The standard InChI is InChI=1S/K.NO3.H3N.H3O4P/c;2-1(3)4;;1-5(2,3)4/h;;1H3;(H3,1,2,3,4)/q+1;-1;;/p-2. The fraction of sp³-hybridized carbons (Fsp3) is 0. The van der Waals surface area contributed by atoms with E-state index in [0.717, 1.165) is 0 Å². The Kier molecular flexibility index (Phi) is 22.5. The Hall–Kier alpha value is 0.906. The number of nitrogens with zero attached hydrogens (tertiary/aromatic N) is 1. The number of quaternary nitrogens is 1. The topological polar surface area (TPSA) is 189 Å². The molecule has 0 atom stereocenters. The first-order valence-electron chi connectivity index (χ1n) is 1.28. The van der Waals surface area contributed by atoms with Crippen molar-refractivity contribution in [3.05, 3.63) is 15.3 Å². The van der Waals surface area contributed by atoms with Crippen molar-refractivity contribution < 1.29 is 75.7 Å². The Labute approximate surface area is 104 Å². The van der Waals surface area contributed by atoms with Gasteiger partial charge in [-0.15, -0.1) is 0 Å². The van der Waals surface area contributed by atoms with E-state index in [1.54, 1.807) is 0 Å². The molecule has 0 spiro atoms. The molecule has 0 amide bonds. The molecule has 0 bridgehead atoms. The molecule has 9 nitrogen and oxygen atoms in total. The zero-order chi connectivity index (χ0) is 8.08. The van der Waals surface area contributed by atoms with Crippen molar-refractivity contribution in [2.45, 2.75) is 0 Å². The van der Waals surface area contributed by atoms with Crippen LogP contribution in [0, 0.1) is 15.3 Å². The molecular weight excluding hydrogens is 210 g/mol.